The van der Waals surface area contributed by atoms with Crippen LogP contribution in [0.2, 0.25) is 0 Å². The molecular formula is C27H49NO2. The van der Waals surface area contributed by atoms with E-state index in [0.717, 1.165) is 55.3 Å². The van der Waals surface area contributed by atoms with Crippen molar-refractivity contribution in [2.75, 3.05) is 6.61 Å². The molecule has 3 nitrogen and oxygen atoms in total. The Bertz CT molecular complexity index is 563. The van der Waals surface area contributed by atoms with Crippen molar-refractivity contribution >= 4 is 0 Å². The van der Waals surface area contributed by atoms with Gasteiger partial charge in [-0.3, -0.25) is 0 Å². The van der Waals surface area contributed by atoms with Crippen LogP contribution in [0.5, 0.6) is 0 Å². The highest BCUT2D eigenvalue weighted by Crippen LogP contribution is 2.66. The van der Waals surface area contributed by atoms with E-state index in [-0.39, 0.29) is 18.1 Å². The summed E-state index contributed by atoms with van der Waals surface area (Å²) >= 11 is 0. The number of nitroso groups, excluding NO2 is 1. The first-order chi connectivity index (χ1) is 14.3. The highest BCUT2D eigenvalue weighted by atomic mass is 16.3. The van der Waals surface area contributed by atoms with E-state index in [1.807, 2.05) is 0 Å². The fourth-order valence-corrected chi connectivity index (χ4v) is 8.60. The lowest BCUT2D eigenvalue weighted by molar-refractivity contribution is -0.0861. The summed E-state index contributed by atoms with van der Waals surface area (Å²) in [4.78, 5) is 11.8. The SMILES string of the molecule is CC(C)CCC[C@@H](C)[C@H]1CC[C@H]2[C@@H]3CCC(N=O)[C@](C)(CCCCO)[C@H]3CC[C@]12C. The molecule has 1 N–H and O–H groups in total. The van der Waals surface area contributed by atoms with Crippen molar-refractivity contribution in [2.45, 2.75) is 118 Å². The van der Waals surface area contributed by atoms with Gasteiger partial charge in [-0.2, -0.15) is 4.91 Å². The average molecular weight is 420 g/mol. The Morgan fingerprint density at radius 3 is 2.37 bits per heavy atom. The van der Waals surface area contributed by atoms with Gasteiger partial charge in [0.05, 0.1) is 6.04 Å². The van der Waals surface area contributed by atoms with Crippen molar-refractivity contribution in [1.82, 2.24) is 0 Å². The molecule has 0 aromatic carbocycles. The minimum Gasteiger partial charge on any atom is -0.396 e. The molecule has 3 aliphatic rings. The van der Waals surface area contributed by atoms with Gasteiger partial charge in [-0.05, 0) is 97.7 Å². The van der Waals surface area contributed by atoms with Crippen LogP contribution in [-0.4, -0.2) is 17.8 Å². The zero-order chi connectivity index (χ0) is 21.9. The summed E-state index contributed by atoms with van der Waals surface area (Å²) in [7, 11) is 0. The van der Waals surface area contributed by atoms with E-state index in [4.69, 9.17) is 0 Å². The Morgan fingerprint density at radius 1 is 0.933 bits per heavy atom. The topological polar surface area (TPSA) is 49.7 Å². The van der Waals surface area contributed by atoms with Gasteiger partial charge in [0.15, 0.2) is 0 Å². The molecular weight excluding hydrogens is 370 g/mol. The monoisotopic (exact) mass is 419 g/mol. The first-order valence-corrected chi connectivity index (χ1v) is 13.2. The van der Waals surface area contributed by atoms with E-state index < -0.39 is 0 Å². The highest BCUT2D eigenvalue weighted by molar-refractivity contribution is 5.10. The Kier molecular flexibility index (Phi) is 8.07. The second kappa shape index (κ2) is 10.0. The van der Waals surface area contributed by atoms with Crippen LogP contribution in [0.25, 0.3) is 0 Å². The fraction of sp³-hybridized carbons (Fsp3) is 1.00. The van der Waals surface area contributed by atoms with E-state index in [0.29, 0.717) is 11.3 Å². The number of aliphatic hydroxyl groups is 1. The van der Waals surface area contributed by atoms with Gasteiger partial charge < -0.3 is 5.11 Å². The summed E-state index contributed by atoms with van der Waals surface area (Å²) in [6, 6.07) is -0.0195. The lowest BCUT2D eigenvalue weighted by Gasteiger charge is -2.58. The standard InChI is InChI=1S/C27H49NO2/c1-19(2)9-8-10-20(3)22-12-13-23-21-11-14-25(28-30)27(5,16-6-7-18-29)24(21)15-17-26(22,23)4/h19-25,29H,6-18H2,1-5H3/t20-,21+,22-,23+,24+,25?,26-,27-/m1/s1. The van der Waals surface area contributed by atoms with Gasteiger partial charge >= 0.3 is 0 Å². The molecule has 0 heterocycles. The molecule has 0 amide bonds. The Morgan fingerprint density at radius 2 is 1.70 bits per heavy atom. The van der Waals surface area contributed by atoms with E-state index in [1.54, 1.807) is 0 Å². The van der Waals surface area contributed by atoms with Crippen molar-refractivity contribution in [2.24, 2.45) is 51.5 Å². The molecule has 3 rings (SSSR count). The predicted molar refractivity (Wildman–Crippen MR) is 126 cm³/mol. The molecule has 3 saturated carbocycles. The number of nitrogens with zero attached hydrogens (tertiary/aromatic N) is 1. The molecule has 0 saturated heterocycles. The molecule has 0 aromatic heterocycles. The zero-order valence-electron chi connectivity index (χ0n) is 20.5. The summed E-state index contributed by atoms with van der Waals surface area (Å²) in [6.45, 7) is 12.5. The van der Waals surface area contributed by atoms with E-state index in [2.05, 4.69) is 39.8 Å². The maximum Gasteiger partial charge on any atom is 0.0975 e. The zero-order valence-corrected chi connectivity index (χ0v) is 20.5. The van der Waals surface area contributed by atoms with Gasteiger partial charge in [0.1, 0.15) is 0 Å². The minimum atomic E-state index is -0.0195. The molecule has 0 aliphatic heterocycles. The lowest BCUT2D eigenvalue weighted by atomic mass is 9.47. The third-order valence-corrected chi connectivity index (χ3v) is 10.3. The van der Waals surface area contributed by atoms with Gasteiger partial charge in [-0.25, -0.2) is 0 Å². The first-order valence-electron chi connectivity index (χ1n) is 13.2. The number of rotatable bonds is 10. The maximum absolute atomic E-state index is 11.8. The van der Waals surface area contributed by atoms with Crippen LogP contribution in [0.3, 0.4) is 0 Å². The molecule has 0 spiro atoms. The van der Waals surface area contributed by atoms with Gasteiger partial charge in [0.25, 0.3) is 0 Å². The van der Waals surface area contributed by atoms with Gasteiger partial charge in [0, 0.05) is 6.61 Å². The van der Waals surface area contributed by atoms with Crippen molar-refractivity contribution < 1.29 is 5.11 Å². The highest BCUT2D eigenvalue weighted by Gasteiger charge is 2.60. The van der Waals surface area contributed by atoms with Crippen LogP contribution >= 0.6 is 0 Å². The summed E-state index contributed by atoms with van der Waals surface area (Å²) in [6.07, 6.45) is 14.8. The van der Waals surface area contributed by atoms with Crippen LogP contribution < -0.4 is 0 Å². The number of hydrogen-bond donors (Lipinski definition) is 1. The number of hydrogen-bond acceptors (Lipinski definition) is 3. The van der Waals surface area contributed by atoms with Crippen LogP contribution in [0.1, 0.15) is 112 Å². The largest absolute Gasteiger partial charge is 0.396 e. The van der Waals surface area contributed by atoms with Gasteiger partial charge in [-0.1, -0.05) is 65.5 Å². The van der Waals surface area contributed by atoms with Crippen molar-refractivity contribution in [3.8, 4) is 0 Å². The fourth-order valence-electron chi connectivity index (χ4n) is 8.60. The third kappa shape index (κ3) is 4.52. The molecule has 0 aromatic rings. The molecule has 3 heteroatoms. The number of fused-ring (bicyclic) bond motifs is 3. The summed E-state index contributed by atoms with van der Waals surface area (Å²) in [5, 5.41) is 12.9. The lowest BCUT2D eigenvalue weighted by Crippen LogP contribution is -2.53. The van der Waals surface area contributed by atoms with E-state index >= 15 is 0 Å². The molecule has 3 fully saturated rings. The predicted octanol–water partition coefficient (Wildman–Crippen LogP) is 7.61. The summed E-state index contributed by atoms with van der Waals surface area (Å²) < 4.78 is 0. The molecule has 0 bridgehead atoms. The quantitative estimate of drug-likeness (QED) is 0.292. The molecule has 0 radical (unpaired) electrons. The van der Waals surface area contributed by atoms with E-state index in [9.17, 15) is 10.0 Å². The van der Waals surface area contributed by atoms with E-state index in [1.165, 1.54) is 51.4 Å². The molecule has 1 unspecified atom stereocenters. The van der Waals surface area contributed by atoms with Gasteiger partial charge in [0.2, 0.25) is 0 Å². The Labute approximate surface area is 186 Å². The van der Waals surface area contributed by atoms with Crippen LogP contribution in [0, 0.1) is 51.2 Å². The second-order valence-electron chi connectivity index (χ2n) is 12.3. The minimum absolute atomic E-state index is 0.0195. The van der Waals surface area contributed by atoms with Crippen molar-refractivity contribution in [1.29, 1.82) is 0 Å². The van der Waals surface area contributed by atoms with Crippen LogP contribution in [0.15, 0.2) is 5.18 Å². The second-order valence-corrected chi connectivity index (χ2v) is 12.3. The van der Waals surface area contributed by atoms with Crippen molar-refractivity contribution in [3.05, 3.63) is 4.91 Å². The summed E-state index contributed by atoms with van der Waals surface area (Å²) in [5.74, 6) is 4.84. The third-order valence-electron chi connectivity index (χ3n) is 10.3. The van der Waals surface area contributed by atoms with Crippen LogP contribution in [-0.2, 0) is 0 Å². The number of aliphatic hydroxyl groups excluding tert-OH is 1. The number of unbranched alkanes of at least 4 members (excludes halogenated alkanes) is 1. The van der Waals surface area contributed by atoms with Gasteiger partial charge in [-0.15, -0.1) is 0 Å². The molecule has 30 heavy (non-hydrogen) atoms. The molecule has 174 valence electrons. The first kappa shape index (κ1) is 24.2. The van der Waals surface area contributed by atoms with Crippen molar-refractivity contribution in [3.63, 3.8) is 0 Å². The molecule has 8 atom stereocenters. The Balaban J connectivity index is 1.72. The summed E-state index contributed by atoms with van der Waals surface area (Å²) in [5.41, 5.74) is 0.550. The average Bonchev–Trinajstić information content (AvgIpc) is 3.05. The Hall–Kier alpha value is -0.440. The van der Waals surface area contributed by atoms with Crippen LogP contribution in [0.4, 0.5) is 0 Å². The normalized spacial score (nSPS) is 42.0. The maximum atomic E-state index is 11.8. The smallest absolute Gasteiger partial charge is 0.0975 e. The molecule has 3 aliphatic carbocycles.